The maximum atomic E-state index is 12.8. The van der Waals surface area contributed by atoms with Gasteiger partial charge in [-0.15, -0.1) is 0 Å². The minimum absolute atomic E-state index is 0.0864. The van der Waals surface area contributed by atoms with Crippen molar-refractivity contribution in [2.24, 2.45) is 0 Å². The molecule has 6 nitrogen and oxygen atoms in total. The lowest BCUT2D eigenvalue weighted by molar-refractivity contribution is -0.167. The number of allylic oxidation sites excluding steroid dienone is 14. The second-order valence-corrected chi connectivity index (χ2v) is 18.8. The molecule has 0 rings (SSSR count). The van der Waals surface area contributed by atoms with E-state index in [0.29, 0.717) is 19.3 Å². The molecule has 0 aromatic carbocycles. The van der Waals surface area contributed by atoms with E-state index in [2.05, 4.69) is 106 Å². The van der Waals surface area contributed by atoms with E-state index in [9.17, 15) is 14.4 Å². The molecule has 0 heterocycles. The summed E-state index contributed by atoms with van der Waals surface area (Å²) in [6.45, 7) is 6.39. The number of hydrogen-bond donors (Lipinski definition) is 0. The highest BCUT2D eigenvalue weighted by Gasteiger charge is 2.19. The van der Waals surface area contributed by atoms with Crippen molar-refractivity contribution in [3.63, 3.8) is 0 Å². The molecular formula is C62H106O6. The first-order chi connectivity index (χ1) is 33.5. The molecule has 0 aliphatic carbocycles. The Morgan fingerprint density at radius 1 is 0.309 bits per heavy atom. The van der Waals surface area contributed by atoms with Crippen LogP contribution in [0.4, 0.5) is 0 Å². The Kier molecular flexibility index (Phi) is 53.4. The van der Waals surface area contributed by atoms with Gasteiger partial charge in [0.1, 0.15) is 13.2 Å². The summed E-state index contributed by atoms with van der Waals surface area (Å²) in [6.07, 6.45) is 73.0. The molecule has 0 aromatic heterocycles. The van der Waals surface area contributed by atoms with E-state index < -0.39 is 6.10 Å². The van der Waals surface area contributed by atoms with Gasteiger partial charge in [0.15, 0.2) is 6.10 Å². The van der Waals surface area contributed by atoms with Gasteiger partial charge in [-0.1, -0.05) is 247 Å². The minimum atomic E-state index is -0.790. The fourth-order valence-electron chi connectivity index (χ4n) is 7.92. The van der Waals surface area contributed by atoms with Gasteiger partial charge in [0.05, 0.1) is 0 Å². The van der Waals surface area contributed by atoms with Crippen molar-refractivity contribution in [2.75, 3.05) is 13.2 Å². The fraction of sp³-hybridized carbons (Fsp3) is 0.726. The van der Waals surface area contributed by atoms with Crippen LogP contribution in [-0.4, -0.2) is 37.2 Å². The molecule has 68 heavy (non-hydrogen) atoms. The summed E-state index contributed by atoms with van der Waals surface area (Å²) in [6, 6.07) is 0. The monoisotopic (exact) mass is 947 g/mol. The highest BCUT2D eigenvalue weighted by molar-refractivity contribution is 5.71. The van der Waals surface area contributed by atoms with E-state index in [1.807, 2.05) is 0 Å². The average Bonchev–Trinajstić information content (AvgIpc) is 3.34. The third-order valence-corrected chi connectivity index (χ3v) is 12.1. The molecular weight excluding hydrogens is 841 g/mol. The van der Waals surface area contributed by atoms with Crippen LogP contribution < -0.4 is 0 Å². The molecule has 1 unspecified atom stereocenters. The maximum absolute atomic E-state index is 12.8. The molecule has 0 amide bonds. The van der Waals surface area contributed by atoms with Crippen molar-refractivity contribution in [1.82, 2.24) is 0 Å². The Balaban J connectivity index is 4.27. The minimum Gasteiger partial charge on any atom is -0.462 e. The van der Waals surface area contributed by atoms with Crippen molar-refractivity contribution in [3.05, 3.63) is 85.1 Å². The van der Waals surface area contributed by atoms with Gasteiger partial charge in [-0.25, -0.2) is 0 Å². The molecule has 0 N–H and O–H groups in total. The van der Waals surface area contributed by atoms with Crippen LogP contribution in [0.5, 0.6) is 0 Å². The lowest BCUT2D eigenvalue weighted by atomic mass is 10.0. The predicted octanol–water partition coefficient (Wildman–Crippen LogP) is 19.2. The molecule has 0 spiro atoms. The number of rotatable bonds is 51. The number of carbonyl (C=O) groups is 3. The first-order valence-electron chi connectivity index (χ1n) is 28.6. The Morgan fingerprint density at radius 2 is 0.574 bits per heavy atom. The molecule has 0 radical (unpaired) electrons. The zero-order chi connectivity index (χ0) is 49.3. The highest BCUT2D eigenvalue weighted by Crippen LogP contribution is 2.16. The largest absolute Gasteiger partial charge is 0.462 e. The fourth-order valence-corrected chi connectivity index (χ4v) is 7.92. The lowest BCUT2D eigenvalue weighted by Gasteiger charge is -2.18. The number of hydrogen-bond acceptors (Lipinski definition) is 6. The molecule has 1 atom stereocenters. The first-order valence-corrected chi connectivity index (χ1v) is 28.6. The number of ether oxygens (including phenoxy) is 3. The van der Waals surface area contributed by atoms with Crippen molar-refractivity contribution in [3.8, 4) is 0 Å². The summed E-state index contributed by atoms with van der Waals surface area (Å²) >= 11 is 0. The SMILES string of the molecule is CC/C=C\C/C=C\C/C=C\C/C=C\CCCCCCCCCCCCCCC(=O)OCC(COC(=O)CCCCCCCCCCCCCC)OC(=O)CCCCC/C=C\C/C=C\C/C=C\CC. The van der Waals surface area contributed by atoms with Crippen LogP contribution in [0.25, 0.3) is 0 Å². The lowest BCUT2D eigenvalue weighted by Crippen LogP contribution is -2.30. The summed E-state index contributed by atoms with van der Waals surface area (Å²) in [7, 11) is 0. The highest BCUT2D eigenvalue weighted by atomic mass is 16.6. The third kappa shape index (κ3) is 53.5. The second-order valence-electron chi connectivity index (χ2n) is 18.8. The molecule has 0 aromatic rings. The van der Waals surface area contributed by atoms with Crippen molar-refractivity contribution in [2.45, 2.75) is 277 Å². The first kappa shape index (κ1) is 64.6. The normalized spacial score (nSPS) is 12.7. The summed E-state index contributed by atoms with van der Waals surface area (Å²) in [5.41, 5.74) is 0. The van der Waals surface area contributed by atoms with Gasteiger partial charge in [-0.3, -0.25) is 14.4 Å². The molecule has 0 saturated carbocycles. The van der Waals surface area contributed by atoms with Crippen molar-refractivity contribution >= 4 is 17.9 Å². The Morgan fingerprint density at radius 3 is 0.912 bits per heavy atom. The van der Waals surface area contributed by atoms with E-state index in [1.54, 1.807) is 0 Å². The Labute approximate surface area is 420 Å². The topological polar surface area (TPSA) is 78.9 Å². The molecule has 0 saturated heterocycles. The molecule has 390 valence electrons. The van der Waals surface area contributed by atoms with Crippen LogP contribution in [-0.2, 0) is 28.6 Å². The molecule has 6 heteroatoms. The molecule has 0 aliphatic rings. The Bertz CT molecular complexity index is 1320. The zero-order valence-corrected chi connectivity index (χ0v) is 44.6. The maximum Gasteiger partial charge on any atom is 0.306 e. The van der Waals surface area contributed by atoms with E-state index in [-0.39, 0.29) is 31.1 Å². The number of carbonyl (C=O) groups excluding carboxylic acids is 3. The third-order valence-electron chi connectivity index (χ3n) is 12.1. The van der Waals surface area contributed by atoms with Crippen LogP contribution in [0.2, 0.25) is 0 Å². The smallest absolute Gasteiger partial charge is 0.306 e. The van der Waals surface area contributed by atoms with Crippen molar-refractivity contribution < 1.29 is 28.6 Å². The van der Waals surface area contributed by atoms with Crippen LogP contribution in [0.15, 0.2) is 85.1 Å². The van der Waals surface area contributed by atoms with Crippen LogP contribution in [0.3, 0.4) is 0 Å². The molecule has 0 fully saturated rings. The van der Waals surface area contributed by atoms with Crippen LogP contribution in [0.1, 0.15) is 271 Å². The van der Waals surface area contributed by atoms with E-state index in [4.69, 9.17) is 14.2 Å². The number of esters is 3. The summed E-state index contributed by atoms with van der Waals surface area (Å²) < 4.78 is 16.8. The van der Waals surface area contributed by atoms with E-state index in [1.165, 1.54) is 122 Å². The average molecular weight is 948 g/mol. The summed E-state index contributed by atoms with van der Waals surface area (Å²) in [5.74, 6) is -0.913. The van der Waals surface area contributed by atoms with Crippen LogP contribution >= 0.6 is 0 Å². The number of unbranched alkanes of at least 4 members (excludes halogenated alkanes) is 26. The quantitative estimate of drug-likeness (QED) is 0.0262. The molecule has 0 bridgehead atoms. The van der Waals surface area contributed by atoms with Gasteiger partial charge in [0.2, 0.25) is 0 Å². The Hall–Kier alpha value is -3.41. The van der Waals surface area contributed by atoms with Gasteiger partial charge in [-0.05, 0) is 89.9 Å². The van der Waals surface area contributed by atoms with Crippen molar-refractivity contribution in [1.29, 1.82) is 0 Å². The van der Waals surface area contributed by atoms with Crippen LogP contribution in [0, 0.1) is 0 Å². The standard InChI is InChI=1S/C62H106O6/c1-4-7-10-13-16-19-22-25-26-27-28-29-30-31-32-33-34-35-36-38-40-43-46-49-52-55-61(64)67-58-59(57-66-60(63)54-51-48-45-42-39-24-21-18-15-12-9-6-3)68-62(65)56-53-50-47-44-41-37-23-20-17-14-11-8-5-2/h7-8,10-11,16-17,19-20,25-26,28-29,37,41,59H,4-6,9,12-15,18,21-24,27,30-36,38-40,42-58H2,1-3H3/b10-7-,11-8-,19-16-,20-17-,26-25-,29-28-,41-37-. The second kappa shape index (κ2) is 56.2. The summed E-state index contributed by atoms with van der Waals surface area (Å²) in [4.78, 5) is 38.1. The summed E-state index contributed by atoms with van der Waals surface area (Å²) in [5, 5.41) is 0. The zero-order valence-electron chi connectivity index (χ0n) is 44.6. The van der Waals surface area contributed by atoms with Gasteiger partial charge in [0, 0.05) is 19.3 Å². The van der Waals surface area contributed by atoms with Gasteiger partial charge in [-0.2, -0.15) is 0 Å². The van der Waals surface area contributed by atoms with Gasteiger partial charge in [0.25, 0.3) is 0 Å². The van der Waals surface area contributed by atoms with Gasteiger partial charge >= 0.3 is 17.9 Å². The van der Waals surface area contributed by atoms with E-state index in [0.717, 1.165) is 109 Å². The predicted molar refractivity (Wildman–Crippen MR) is 293 cm³/mol. The molecule has 0 aliphatic heterocycles. The van der Waals surface area contributed by atoms with Gasteiger partial charge < -0.3 is 14.2 Å². The van der Waals surface area contributed by atoms with E-state index >= 15 is 0 Å².